The van der Waals surface area contributed by atoms with Gasteiger partial charge in [0.25, 0.3) is 0 Å². The second kappa shape index (κ2) is 7.07. The summed E-state index contributed by atoms with van der Waals surface area (Å²) in [5.74, 6) is -0.101. The number of methoxy groups -OCH3 is 1. The molecule has 1 heterocycles. The van der Waals surface area contributed by atoms with Crippen molar-refractivity contribution < 1.29 is 14.6 Å². The zero-order valence-corrected chi connectivity index (χ0v) is 13.6. The minimum atomic E-state index is -0.733. The molecule has 2 N–H and O–H groups in total. The van der Waals surface area contributed by atoms with Gasteiger partial charge in [0.05, 0.1) is 6.10 Å². The summed E-state index contributed by atoms with van der Waals surface area (Å²) < 4.78 is 5.60. The lowest BCUT2D eigenvalue weighted by atomic mass is 9.77. The van der Waals surface area contributed by atoms with Gasteiger partial charge < -0.3 is 15.2 Å². The van der Waals surface area contributed by atoms with E-state index in [0.717, 1.165) is 38.8 Å². The van der Waals surface area contributed by atoms with Crippen molar-refractivity contribution in [3.63, 3.8) is 0 Å². The first-order valence-electron chi connectivity index (χ1n) is 8.27. The predicted octanol–water partition coefficient (Wildman–Crippen LogP) is 1.72. The van der Waals surface area contributed by atoms with Crippen LogP contribution in [0.15, 0.2) is 0 Å². The molecule has 1 aliphatic heterocycles. The molecule has 4 atom stereocenters. The van der Waals surface area contributed by atoms with Crippen LogP contribution in [0, 0.1) is 5.92 Å². The van der Waals surface area contributed by atoms with Crippen molar-refractivity contribution in [2.75, 3.05) is 26.7 Å². The number of ether oxygens (including phenoxy) is 1. The normalized spacial score (nSPS) is 38.3. The number of aliphatic carboxylic acids is 1. The molecule has 4 unspecified atom stereocenters. The van der Waals surface area contributed by atoms with Gasteiger partial charge in [-0.15, -0.1) is 0 Å². The van der Waals surface area contributed by atoms with Gasteiger partial charge in [-0.1, -0.05) is 13.8 Å². The molecule has 0 bridgehead atoms. The summed E-state index contributed by atoms with van der Waals surface area (Å²) in [6.45, 7) is 6.93. The van der Waals surface area contributed by atoms with Gasteiger partial charge in [-0.25, -0.2) is 0 Å². The van der Waals surface area contributed by atoms with Gasteiger partial charge in [0.1, 0.15) is 5.54 Å². The Labute approximate surface area is 128 Å². The molecule has 122 valence electrons. The number of hydrogen-bond acceptors (Lipinski definition) is 4. The van der Waals surface area contributed by atoms with Crippen LogP contribution in [0.4, 0.5) is 0 Å². The Morgan fingerprint density at radius 2 is 2.24 bits per heavy atom. The third-order valence-corrected chi connectivity index (χ3v) is 5.39. The van der Waals surface area contributed by atoms with E-state index in [-0.39, 0.29) is 6.10 Å². The lowest BCUT2D eigenvalue weighted by Gasteiger charge is -2.46. The van der Waals surface area contributed by atoms with E-state index >= 15 is 0 Å². The smallest absolute Gasteiger partial charge is 0.323 e. The number of nitrogens with zero attached hydrogens (tertiary/aromatic N) is 1. The van der Waals surface area contributed by atoms with Gasteiger partial charge in [-0.2, -0.15) is 0 Å². The van der Waals surface area contributed by atoms with E-state index in [1.165, 1.54) is 0 Å². The lowest BCUT2D eigenvalue weighted by Crippen LogP contribution is -2.60. The Morgan fingerprint density at radius 3 is 2.86 bits per heavy atom. The Hall–Kier alpha value is -0.650. The van der Waals surface area contributed by atoms with Crippen molar-refractivity contribution >= 4 is 5.97 Å². The summed E-state index contributed by atoms with van der Waals surface area (Å²) >= 11 is 0. The number of carboxylic acids is 1. The largest absolute Gasteiger partial charge is 0.480 e. The van der Waals surface area contributed by atoms with Crippen molar-refractivity contribution in [1.82, 2.24) is 10.2 Å². The zero-order valence-electron chi connectivity index (χ0n) is 13.6. The maximum Gasteiger partial charge on any atom is 0.323 e. The van der Waals surface area contributed by atoms with Gasteiger partial charge in [0.2, 0.25) is 0 Å². The molecule has 21 heavy (non-hydrogen) atoms. The van der Waals surface area contributed by atoms with Crippen LogP contribution >= 0.6 is 0 Å². The maximum absolute atomic E-state index is 11.8. The summed E-state index contributed by atoms with van der Waals surface area (Å²) in [5.41, 5.74) is -0.733. The minimum absolute atomic E-state index is 0.277. The van der Waals surface area contributed by atoms with Crippen LogP contribution in [0.25, 0.3) is 0 Å². The van der Waals surface area contributed by atoms with Crippen LogP contribution < -0.4 is 5.32 Å². The molecule has 1 saturated heterocycles. The topological polar surface area (TPSA) is 61.8 Å². The molecule has 2 rings (SSSR count). The SMILES string of the molecule is CCNC1(C(=O)O)CCCC(N2CCC(C)C(OC)C2)C1. The van der Waals surface area contributed by atoms with Gasteiger partial charge in [0, 0.05) is 19.7 Å². The van der Waals surface area contributed by atoms with Crippen LogP contribution in [0.2, 0.25) is 0 Å². The second-order valence-electron chi connectivity index (χ2n) is 6.70. The van der Waals surface area contributed by atoms with Gasteiger partial charge in [-0.05, 0) is 51.1 Å². The van der Waals surface area contributed by atoms with E-state index in [0.29, 0.717) is 24.9 Å². The van der Waals surface area contributed by atoms with Crippen LogP contribution in [0.5, 0.6) is 0 Å². The third-order valence-electron chi connectivity index (χ3n) is 5.39. The molecule has 1 aliphatic carbocycles. The Bertz CT molecular complexity index is 359. The number of carbonyl (C=O) groups is 1. The Balaban J connectivity index is 2.05. The highest BCUT2D eigenvalue weighted by atomic mass is 16.5. The van der Waals surface area contributed by atoms with Crippen molar-refractivity contribution in [2.24, 2.45) is 5.92 Å². The second-order valence-corrected chi connectivity index (χ2v) is 6.70. The predicted molar refractivity (Wildman–Crippen MR) is 82.5 cm³/mol. The Morgan fingerprint density at radius 1 is 1.48 bits per heavy atom. The summed E-state index contributed by atoms with van der Waals surface area (Å²) in [6.07, 6.45) is 4.94. The number of likely N-dealkylation sites (tertiary alicyclic amines) is 1. The molecule has 0 amide bonds. The quantitative estimate of drug-likeness (QED) is 0.809. The molecule has 0 spiro atoms. The molecule has 0 aromatic carbocycles. The first-order valence-corrected chi connectivity index (χ1v) is 8.27. The summed E-state index contributed by atoms with van der Waals surface area (Å²) in [4.78, 5) is 14.2. The van der Waals surface area contributed by atoms with Crippen LogP contribution in [-0.2, 0) is 9.53 Å². The number of hydrogen-bond donors (Lipinski definition) is 2. The number of rotatable bonds is 5. The fourth-order valence-electron chi connectivity index (χ4n) is 4.02. The molecule has 0 radical (unpaired) electrons. The zero-order chi connectivity index (χ0) is 15.5. The van der Waals surface area contributed by atoms with E-state index in [4.69, 9.17) is 4.74 Å². The standard InChI is InChI=1S/C16H30N2O3/c1-4-17-16(15(19)20)8-5-6-13(10-16)18-9-7-12(2)14(11-18)21-3/h12-14,17H,4-11H2,1-3H3,(H,19,20). The summed E-state index contributed by atoms with van der Waals surface area (Å²) in [7, 11) is 1.78. The number of nitrogens with one attached hydrogen (secondary N) is 1. The van der Waals surface area contributed by atoms with E-state index in [9.17, 15) is 9.90 Å². The molecule has 2 aliphatic rings. The van der Waals surface area contributed by atoms with Crippen molar-refractivity contribution in [3.8, 4) is 0 Å². The van der Waals surface area contributed by atoms with E-state index in [1.807, 2.05) is 6.92 Å². The number of likely N-dealkylation sites (N-methyl/N-ethyl adjacent to an activating group) is 1. The fraction of sp³-hybridized carbons (Fsp3) is 0.938. The average molecular weight is 298 g/mol. The van der Waals surface area contributed by atoms with Gasteiger partial charge in [-0.3, -0.25) is 9.69 Å². The lowest BCUT2D eigenvalue weighted by molar-refractivity contribution is -0.148. The average Bonchev–Trinajstić information content (AvgIpc) is 2.48. The first kappa shape index (κ1) is 16.7. The fourth-order valence-corrected chi connectivity index (χ4v) is 4.02. The summed E-state index contributed by atoms with van der Waals surface area (Å²) in [6, 6.07) is 0.360. The van der Waals surface area contributed by atoms with Crippen LogP contribution in [-0.4, -0.2) is 60.4 Å². The van der Waals surface area contributed by atoms with E-state index in [1.54, 1.807) is 7.11 Å². The monoisotopic (exact) mass is 298 g/mol. The third kappa shape index (κ3) is 3.58. The van der Waals surface area contributed by atoms with Gasteiger partial charge in [0.15, 0.2) is 0 Å². The molecule has 0 aromatic heterocycles. The van der Waals surface area contributed by atoms with Gasteiger partial charge >= 0.3 is 5.97 Å². The molecular weight excluding hydrogens is 268 g/mol. The van der Waals surface area contributed by atoms with Crippen molar-refractivity contribution in [3.05, 3.63) is 0 Å². The number of carboxylic acid groups (broad SMARTS) is 1. The molecule has 1 saturated carbocycles. The first-order chi connectivity index (χ1) is 10.0. The molecule has 5 heteroatoms. The van der Waals surface area contributed by atoms with E-state index < -0.39 is 11.5 Å². The number of piperidine rings is 1. The van der Waals surface area contributed by atoms with Crippen molar-refractivity contribution in [1.29, 1.82) is 0 Å². The van der Waals surface area contributed by atoms with Crippen LogP contribution in [0.1, 0.15) is 46.0 Å². The highest BCUT2D eigenvalue weighted by molar-refractivity contribution is 5.79. The van der Waals surface area contributed by atoms with Crippen LogP contribution in [0.3, 0.4) is 0 Å². The van der Waals surface area contributed by atoms with E-state index in [2.05, 4.69) is 17.1 Å². The Kier molecular flexibility index (Phi) is 5.63. The summed E-state index contributed by atoms with van der Waals surface area (Å²) in [5, 5.41) is 12.9. The minimum Gasteiger partial charge on any atom is -0.480 e. The highest BCUT2D eigenvalue weighted by Crippen LogP contribution is 2.34. The molecular formula is C16H30N2O3. The molecule has 0 aromatic rings. The highest BCUT2D eigenvalue weighted by Gasteiger charge is 2.44. The molecule has 2 fully saturated rings. The maximum atomic E-state index is 11.8. The molecule has 5 nitrogen and oxygen atoms in total. The van der Waals surface area contributed by atoms with Crippen molar-refractivity contribution in [2.45, 2.75) is 63.6 Å².